The first-order valence-electron chi connectivity index (χ1n) is 10.7. The summed E-state index contributed by atoms with van der Waals surface area (Å²) in [6.07, 6.45) is -4.17. The third kappa shape index (κ3) is 6.48. The standard InChI is InChI=1S/C23H27F3N2O4S/c1-16(2)17-7-9-20(10-8-17)33(30,31)28-13-11-18(12-14-28)22(29)27-15-19-5-3-4-6-21(19)32-23(24,25)26/h3-10,16,18H,11-15H2,1-2H3,(H,27,29). The largest absolute Gasteiger partial charge is 0.573 e. The highest BCUT2D eigenvalue weighted by molar-refractivity contribution is 7.89. The molecular formula is C23H27F3N2O4S. The molecule has 0 spiro atoms. The van der Waals surface area contributed by atoms with Crippen molar-refractivity contribution in [2.75, 3.05) is 13.1 Å². The van der Waals surface area contributed by atoms with Crippen LogP contribution < -0.4 is 10.1 Å². The Bertz CT molecular complexity index is 1060. The first-order valence-corrected chi connectivity index (χ1v) is 12.1. The molecule has 0 aromatic heterocycles. The summed E-state index contributed by atoms with van der Waals surface area (Å²) in [5.41, 5.74) is 1.25. The van der Waals surface area contributed by atoms with Crippen LogP contribution in [0.5, 0.6) is 5.75 Å². The number of carbonyl (C=O) groups is 1. The minimum atomic E-state index is -4.83. The molecule has 1 saturated heterocycles. The van der Waals surface area contributed by atoms with Crippen molar-refractivity contribution >= 4 is 15.9 Å². The predicted octanol–water partition coefficient (Wildman–Crippen LogP) is 4.43. The fourth-order valence-electron chi connectivity index (χ4n) is 3.73. The van der Waals surface area contributed by atoms with Crippen LogP contribution in [0, 0.1) is 5.92 Å². The Morgan fingerprint density at radius 1 is 1.09 bits per heavy atom. The van der Waals surface area contributed by atoms with Crippen molar-refractivity contribution in [3.63, 3.8) is 0 Å². The molecule has 3 rings (SSSR count). The smallest absolute Gasteiger partial charge is 0.405 e. The van der Waals surface area contributed by atoms with Crippen molar-refractivity contribution < 1.29 is 31.1 Å². The molecule has 180 valence electrons. The molecule has 10 heteroatoms. The fraction of sp³-hybridized carbons (Fsp3) is 0.435. The minimum absolute atomic E-state index is 0.119. The molecule has 0 bridgehead atoms. The molecule has 1 aliphatic heterocycles. The van der Waals surface area contributed by atoms with Gasteiger partial charge in [0.15, 0.2) is 0 Å². The molecule has 1 heterocycles. The monoisotopic (exact) mass is 484 g/mol. The van der Waals surface area contributed by atoms with E-state index in [0.29, 0.717) is 18.8 Å². The van der Waals surface area contributed by atoms with E-state index >= 15 is 0 Å². The van der Waals surface area contributed by atoms with Gasteiger partial charge in [0.2, 0.25) is 15.9 Å². The third-order valence-electron chi connectivity index (χ3n) is 5.66. The summed E-state index contributed by atoms with van der Waals surface area (Å²) in [5.74, 6) is -0.816. The lowest BCUT2D eigenvalue weighted by atomic mass is 9.97. The molecule has 0 radical (unpaired) electrons. The Labute approximate surface area is 191 Å². The molecular weight excluding hydrogens is 457 g/mol. The highest BCUT2D eigenvalue weighted by Crippen LogP contribution is 2.27. The number of piperidine rings is 1. The second-order valence-corrected chi connectivity index (χ2v) is 10.2. The molecule has 1 aliphatic rings. The van der Waals surface area contributed by atoms with Crippen LogP contribution in [0.3, 0.4) is 0 Å². The summed E-state index contributed by atoms with van der Waals surface area (Å²) < 4.78 is 68.9. The molecule has 1 N–H and O–H groups in total. The van der Waals surface area contributed by atoms with E-state index in [1.165, 1.54) is 22.5 Å². The average Bonchev–Trinajstić information content (AvgIpc) is 2.77. The Kier molecular flexibility index (Phi) is 7.69. The summed E-state index contributed by atoms with van der Waals surface area (Å²) in [7, 11) is -3.65. The van der Waals surface area contributed by atoms with Crippen LogP contribution in [0.1, 0.15) is 43.7 Å². The van der Waals surface area contributed by atoms with Gasteiger partial charge >= 0.3 is 6.36 Å². The lowest BCUT2D eigenvalue weighted by Crippen LogP contribution is -2.42. The summed E-state index contributed by atoms with van der Waals surface area (Å²) in [6.45, 7) is 4.33. The van der Waals surface area contributed by atoms with Crippen LogP contribution in [-0.2, 0) is 21.4 Å². The Morgan fingerprint density at radius 2 is 1.70 bits per heavy atom. The zero-order valence-corrected chi connectivity index (χ0v) is 19.2. The van der Waals surface area contributed by atoms with E-state index in [2.05, 4.69) is 10.1 Å². The first-order chi connectivity index (χ1) is 15.5. The van der Waals surface area contributed by atoms with Crippen LogP contribution >= 0.6 is 0 Å². The molecule has 2 aromatic rings. The quantitative estimate of drug-likeness (QED) is 0.631. The van der Waals surface area contributed by atoms with Gasteiger partial charge in [-0.05, 0) is 42.5 Å². The van der Waals surface area contributed by atoms with E-state index in [4.69, 9.17) is 0 Å². The van der Waals surface area contributed by atoms with Gasteiger partial charge in [-0.2, -0.15) is 4.31 Å². The molecule has 6 nitrogen and oxygen atoms in total. The molecule has 0 unspecified atom stereocenters. The maximum atomic E-state index is 12.9. The number of rotatable bonds is 7. The number of para-hydroxylation sites is 1. The van der Waals surface area contributed by atoms with Gasteiger partial charge < -0.3 is 10.1 Å². The first kappa shape index (κ1) is 25.0. The van der Waals surface area contributed by atoms with E-state index < -0.39 is 22.3 Å². The van der Waals surface area contributed by atoms with Crippen molar-refractivity contribution in [2.24, 2.45) is 5.92 Å². The second kappa shape index (κ2) is 10.1. The van der Waals surface area contributed by atoms with E-state index in [0.717, 1.165) is 5.56 Å². The normalized spacial score (nSPS) is 16.1. The van der Waals surface area contributed by atoms with Crippen molar-refractivity contribution in [3.05, 3.63) is 59.7 Å². The zero-order valence-electron chi connectivity index (χ0n) is 18.4. The second-order valence-electron chi connectivity index (χ2n) is 8.28. The van der Waals surface area contributed by atoms with Gasteiger partial charge in [-0.15, -0.1) is 13.2 Å². The molecule has 33 heavy (non-hydrogen) atoms. The highest BCUT2D eigenvalue weighted by Gasteiger charge is 2.33. The highest BCUT2D eigenvalue weighted by atomic mass is 32.2. The Balaban J connectivity index is 1.56. The number of hydrogen-bond acceptors (Lipinski definition) is 4. The van der Waals surface area contributed by atoms with Crippen molar-refractivity contribution in [1.82, 2.24) is 9.62 Å². The van der Waals surface area contributed by atoms with E-state index in [-0.39, 0.29) is 41.7 Å². The van der Waals surface area contributed by atoms with Gasteiger partial charge in [0.05, 0.1) is 4.90 Å². The van der Waals surface area contributed by atoms with Crippen LogP contribution in [0.25, 0.3) is 0 Å². The molecule has 0 atom stereocenters. The molecule has 2 aromatic carbocycles. The maximum Gasteiger partial charge on any atom is 0.573 e. The maximum absolute atomic E-state index is 12.9. The average molecular weight is 485 g/mol. The predicted molar refractivity (Wildman–Crippen MR) is 117 cm³/mol. The van der Waals surface area contributed by atoms with Crippen LogP contribution in [0.15, 0.2) is 53.4 Å². The van der Waals surface area contributed by atoms with Crippen LogP contribution in [0.4, 0.5) is 13.2 Å². The number of nitrogens with zero attached hydrogens (tertiary/aromatic N) is 1. The lowest BCUT2D eigenvalue weighted by molar-refractivity contribution is -0.274. The van der Waals surface area contributed by atoms with Gasteiger partial charge in [-0.3, -0.25) is 4.79 Å². The van der Waals surface area contributed by atoms with Crippen LogP contribution in [-0.4, -0.2) is 38.1 Å². The molecule has 0 saturated carbocycles. The number of amides is 1. The van der Waals surface area contributed by atoms with Gasteiger partial charge in [0.1, 0.15) is 5.75 Å². The van der Waals surface area contributed by atoms with Crippen LogP contribution in [0.2, 0.25) is 0 Å². The number of ether oxygens (including phenoxy) is 1. The number of nitrogens with one attached hydrogen (secondary N) is 1. The van der Waals surface area contributed by atoms with Crippen molar-refractivity contribution in [2.45, 2.75) is 50.4 Å². The summed E-state index contributed by atoms with van der Waals surface area (Å²) in [5, 5.41) is 2.64. The van der Waals surface area contributed by atoms with E-state index in [1.54, 1.807) is 30.3 Å². The topological polar surface area (TPSA) is 75.7 Å². The number of alkyl halides is 3. The fourth-order valence-corrected chi connectivity index (χ4v) is 5.20. The number of carbonyl (C=O) groups excluding carboxylic acids is 1. The summed E-state index contributed by atoms with van der Waals surface area (Å²) >= 11 is 0. The summed E-state index contributed by atoms with van der Waals surface area (Å²) in [6, 6.07) is 12.4. The number of hydrogen-bond donors (Lipinski definition) is 1. The zero-order chi connectivity index (χ0) is 24.2. The molecule has 0 aliphatic carbocycles. The third-order valence-corrected chi connectivity index (χ3v) is 7.57. The van der Waals surface area contributed by atoms with Gasteiger partial charge in [0.25, 0.3) is 0 Å². The van der Waals surface area contributed by atoms with Crippen molar-refractivity contribution in [3.8, 4) is 5.75 Å². The minimum Gasteiger partial charge on any atom is -0.405 e. The number of sulfonamides is 1. The molecule has 1 amide bonds. The van der Waals surface area contributed by atoms with Gasteiger partial charge in [-0.25, -0.2) is 8.42 Å². The lowest BCUT2D eigenvalue weighted by Gasteiger charge is -2.30. The van der Waals surface area contributed by atoms with E-state index in [1.807, 2.05) is 13.8 Å². The van der Waals surface area contributed by atoms with E-state index in [9.17, 15) is 26.4 Å². The number of benzene rings is 2. The SMILES string of the molecule is CC(C)c1ccc(S(=O)(=O)N2CCC(C(=O)NCc3ccccc3OC(F)(F)F)CC2)cc1. The summed E-state index contributed by atoms with van der Waals surface area (Å²) in [4.78, 5) is 12.8. The Morgan fingerprint density at radius 3 is 2.27 bits per heavy atom. The number of halogens is 3. The van der Waals surface area contributed by atoms with Crippen molar-refractivity contribution in [1.29, 1.82) is 0 Å². The van der Waals surface area contributed by atoms with Gasteiger partial charge in [0, 0.05) is 31.1 Å². The Hall–Kier alpha value is -2.59. The van der Waals surface area contributed by atoms with Gasteiger partial charge in [-0.1, -0.05) is 44.2 Å². The molecule has 1 fully saturated rings.